The molecular weight excluding hydrogens is 408 g/mol. The number of nitrogens with zero attached hydrogens (tertiary/aromatic N) is 5. The molecule has 1 amide bonds. The zero-order chi connectivity index (χ0) is 21.7. The van der Waals surface area contributed by atoms with Gasteiger partial charge >= 0.3 is 0 Å². The van der Waals surface area contributed by atoms with E-state index in [0.717, 1.165) is 43.0 Å². The Morgan fingerprint density at radius 2 is 2.12 bits per heavy atom. The molecule has 0 aliphatic heterocycles. The molecule has 1 aromatic carbocycles. The summed E-state index contributed by atoms with van der Waals surface area (Å²) in [7, 11) is 0. The van der Waals surface area contributed by atoms with Gasteiger partial charge in [0.25, 0.3) is 5.91 Å². The van der Waals surface area contributed by atoms with E-state index < -0.39 is 0 Å². The molecule has 2 atom stereocenters. The summed E-state index contributed by atoms with van der Waals surface area (Å²) in [5, 5.41) is 22.8. The first-order chi connectivity index (χ1) is 15.6. The number of aliphatic hydroxyl groups excluding tert-OH is 1. The van der Waals surface area contributed by atoms with E-state index in [4.69, 9.17) is 9.84 Å². The molecule has 0 spiro atoms. The molecule has 2 N–H and O–H groups in total. The van der Waals surface area contributed by atoms with Crippen molar-refractivity contribution >= 4 is 28.1 Å². The summed E-state index contributed by atoms with van der Waals surface area (Å²) in [4.78, 5) is 17.6. The molecule has 3 heterocycles. The van der Waals surface area contributed by atoms with E-state index in [2.05, 4.69) is 15.4 Å². The number of anilines is 1. The van der Waals surface area contributed by atoms with E-state index >= 15 is 0 Å². The van der Waals surface area contributed by atoms with Gasteiger partial charge in [0.2, 0.25) is 0 Å². The van der Waals surface area contributed by atoms with Gasteiger partial charge in [0.15, 0.2) is 5.65 Å². The van der Waals surface area contributed by atoms with Gasteiger partial charge in [-0.15, -0.1) is 0 Å². The van der Waals surface area contributed by atoms with Crippen LogP contribution in [0, 0.1) is 0 Å². The first kappa shape index (κ1) is 19.2. The summed E-state index contributed by atoms with van der Waals surface area (Å²) >= 11 is 0. The number of ether oxygens (including phenoxy) is 1. The minimum atomic E-state index is -0.282. The molecule has 2 aliphatic rings. The van der Waals surface area contributed by atoms with E-state index in [9.17, 15) is 9.90 Å². The molecule has 2 saturated carbocycles. The van der Waals surface area contributed by atoms with Crippen LogP contribution in [0.3, 0.4) is 0 Å². The van der Waals surface area contributed by atoms with Crippen LogP contribution in [0.1, 0.15) is 54.9 Å². The second-order valence-corrected chi connectivity index (χ2v) is 8.71. The third-order valence-corrected chi connectivity index (χ3v) is 6.21. The second-order valence-electron chi connectivity index (χ2n) is 8.71. The molecule has 3 aromatic heterocycles. The van der Waals surface area contributed by atoms with Crippen LogP contribution in [0.2, 0.25) is 0 Å². The van der Waals surface area contributed by atoms with E-state index in [1.54, 1.807) is 29.2 Å². The van der Waals surface area contributed by atoms with Crippen LogP contribution < -0.4 is 10.1 Å². The van der Waals surface area contributed by atoms with Crippen LogP contribution >= 0.6 is 0 Å². The Bertz CT molecular complexity index is 1310. The molecule has 2 fully saturated rings. The monoisotopic (exact) mass is 432 g/mol. The molecule has 0 unspecified atom stereocenters. The molecule has 6 rings (SSSR count). The van der Waals surface area contributed by atoms with E-state index in [1.807, 2.05) is 23.0 Å². The van der Waals surface area contributed by atoms with Gasteiger partial charge in [-0.25, -0.2) is 9.50 Å². The van der Waals surface area contributed by atoms with Crippen LogP contribution in [0.15, 0.2) is 43.0 Å². The molecule has 2 aliphatic carbocycles. The normalized spacial score (nSPS) is 21.2. The Morgan fingerprint density at radius 3 is 2.97 bits per heavy atom. The van der Waals surface area contributed by atoms with Crippen molar-refractivity contribution in [2.24, 2.45) is 0 Å². The van der Waals surface area contributed by atoms with Gasteiger partial charge in [0.05, 0.1) is 35.5 Å². The van der Waals surface area contributed by atoms with Gasteiger partial charge < -0.3 is 15.2 Å². The van der Waals surface area contributed by atoms with Crippen molar-refractivity contribution in [2.75, 3.05) is 5.32 Å². The number of benzene rings is 1. The van der Waals surface area contributed by atoms with Gasteiger partial charge in [-0.1, -0.05) is 0 Å². The van der Waals surface area contributed by atoms with Crippen molar-refractivity contribution < 1.29 is 14.6 Å². The van der Waals surface area contributed by atoms with Gasteiger partial charge in [-0.3, -0.25) is 9.48 Å². The fourth-order valence-corrected chi connectivity index (χ4v) is 4.38. The lowest BCUT2D eigenvalue weighted by atomic mass is 9.93. The summed E-state index contributed by atoms with van der Waals surface area (Å²) in [6.07, 6.45) is 12.4. The van der Waals surface area contributed by atoms with Crippen LogP contribution in [0.25, 0.3) is 16.6 Å². The van der Waals surface area contributed by atoms with Crippen molar-refractivity contribution in [3.63, 3.8) is 0 Å². The van der Waals surface area contributed by atoms with Crippen LogP contribution in [0.4, 0.5) is 5.69 Å². The highest BCUT2D eigenvalue weighted by Crippen LogP contribution is 2.34. The summed E-state index contributed by atoms with van der Waals surface area (Å²) in [6.45, 7) is 0. The van der Waals surface area contributed by atoms with Gasteiger partial charge in [-0.05, 0) is 50.7 Å². The number of nitrogens with one attached hydrogen (secondary N) is 1. The third kappa shape index (κ3) is 3.58. The fraction of sp³-hybridized carbons (Fsp3) is 0.391. The van der Waals surface area contributed by atoms with Gasteiger partial charge in [0, 0.05) is 30.0 Å². The molecule has 0 bridgehead atoms. The van der Waals surface area contributed by atoms with Crippen LogP contribution in [0.5, 0.6) is 5.75 Å². The molecule has 32 heavy (non-hydrogen) atoms. The fourth-order valence-electron chi connectivity index (χ4n) is 4.38. The first-order valence-corrected chi connectivity index (χ1v) is 11.1. The average molecular weight is 432 g/mol. The lowest BCUT2D eigenvalue weighted by molar-refractivity contribution is 0.100. The smallest absolute Gasteiger partial charge is 0.259 e. The molecule has 9 nitrogen and oxygen atoms in total. The van der Waals surface area contributed by atoms with E-state index in [1.165, 1.54) is 0 Å². The maximum atomic E-state index is 13.3. The number of fused-ring (bicyclic) bond motifs is 2. The van der Waals surface area contributed by atoms with Gasteiger partial charge in [0.1, 0.15) is 11.4 Å². The maximum absolute atomic E-state index is 13.3. The Hall–Kier alpha value is -3.46. The predicted molar refractivity (Wildman–Crippen MR) is 118 cm³/mol. The number of rotatable bonds is 5. The highest BCUT2D eigenvalue weighted by molar-refractivity contribution is 6.09. The molecule has 164 valence electrons. The van der Waals surface area contributed by atoms with Gasteiger partial charge in [-0.2, -0.15) is 10.2 Å². The number of aromatic nitrogens is 5. The van der Waals surface area contributed by atoms with Crippen molar-refractivity contribution in [1.29, 1.82) is 0 Å². The molecular formula is C23H24N6O3. The minimum Gasteiger partial charge on any atom is -0.490 e. The SMILES string of the molecule is O=C(Nc1cnn2cccnc12)c1cc2cn([C@H]3CCC[C@H](O)C3)nc2cc1OC1CC1. The molecule has 0 radical (unpaired) electrons. The summed E-state index contributed by atoms with van der Waals surface area (Å²) in [6, 6.07) is 5.64. The Morgan fingerprint density at radius 1 is 1.22 bits per heavy atom. The van der Waals surface area contributed by atoms with Crippen molar-refractivity contribution in [1.82, 2.24) is 24.4 Å². The lowest BCUT2D eigenvalue weighted by Gasteiger charge is -2.25. The second kappa shape index (κ2) is 7.59. The summed E-state index contributed by atoms with van der Waals surface area (Å²) in [5.74, 6) is 0.264. The Labute approximate surface area is 184 Å². The number of hydrogen-bond acceptors (Lipinski definition) is 6. The predicted octanol–water partition coefficient (Wildman–Crippen LogP) is 3.35. The van der Waals surface area contributed by atoms with E-state index in [-0.39, 0.29) is 24.2 Å². The largest absolute Gasteiger partial charge is 0.490 e. The Kier molecular flexibility index (Phi) is 4.57. The first-order valence-electron chi connectivity index (χ1n) is 11.1. The number of amides is 1. The number of carbonyl (C=O) groups is 1. The number of aliphatic hydroxyl groups is 1. The zero-order valence-corrected chi connectivity index (χ0v) is 17.5. The highest BCUT2D eigenvalue weighted by Gasteiger charge is 2.28. The lowest BCUT2D eigenvalue weighted by Crippen LogP contribution is -2.22. The van der Waals surface area contributed by atoms with Crippen molar-refractivity contribution in [3.05, 3.63) is 48.5 Å². The quantitative estimate of drug-likeness (QED) is 0.501. The summed E-state index contributed by atoms with van der Waals surface area (Å²) < 4.78 is 9.63. The van der Waals surface area contributed by atoms with Crippen molar-refractivity contribution in [3.8, 4) is 5.75 Å². The maximum Gasteiger partial charge on any atom is 0.259 e. The van der Waals surface area contributed by atoms with Crippen LogP contribution in [-0.2, 0) is 0 Å². The topological polar surface area (TPSA) is 107 Å². The average Bonchev–Trinajstić information content (AvgIpc) is 3.37. The third-order valence-electron chi connectivity index (χ3n) is 6.21. The van der Waals surface area contributed by atoms with E-state index in [0.29, 0.717) is 29.1 Å². The summed E-state index contributed by atoms with van der Waals surface area (Å²) in [5.41, 5.74) is 2.37. The van der Waals surface area contributed by atoms with Crippen molar-refractivity contribution in [2.45, 2.75) is 56.8 Å². The molecule has 9 heteroatoms. The number of hydrogen-bond donors (Lipinski definition) is 2. The zero-order valence-electron chi connectivity index (χ0n) is 17.5. The molecule has 0 saturated heterocycles. The van der Waals surface area contributed by atoms with Crippen LogP contribution in [-0.4, -0.2) is 47.6 Å². The standard InChI is InChI=1S/C23H24N6O3/c30-16-4-1-3-15(10-16)29-13-14-9-18(21(11-19(14)27-29)32-17-5-6-17)23(31)26-20-12-25-28-8-2-7-24-22(20)28/h2,7-9,11-13,15-17,30H,1,3-6,10H2,(H,26,31)/t15-,16-/m0/s1. The Balaban J connectivity index is 1.35. The highest BCUT2D eigenvalue weighted by atomic mass is 16.5. The molecule has 4 aromatic rings. The minimum absolute atomic E-state index is 0.147. The number of carbonyl (C=O) groups excluding carboxylic acids is 1.